The molecular formula is C18H19N3O2S. The highest BCUT2D eigenvalue weighted by molar-refractivity contribution is 8.13. The maximum absolute atomic E-state index is 13.0. The summed E-state index contributed by atoms with van der Waals surface area (Å²) in [6.07, 6.45) is 1.90. The molecule has 0 spiro atoms. The lowest BCUT2D eigenvalue weighted by molar-refractivity contribution is -0.129. The van der Waals surface area contributed by atoms with Gasteiger partial charge >= 0.3 is 0 Å². The molecule has 0 radical (unpaired) electrons. The highest BCUT2D eigenvalue weighted by Crippen LogP contribution is 2.35. The number of amidine groups is 1. The number of carbonyl (C=O) groups is 1. The van der Waals surface area contributed by atoms with E-state index in [2.05, 4.69) is 10.4 Å². The Balaban J connectivity index is 1.92. The number of nitrogens with zero attached hydrogens (tertiary/aromatic N) is 2. The molecule has 1 aliphatic heterocycles. The first kappa shape index (κ1) is 16.5. The van der Waals surface area contributed by atoms with Crippen LogP contribution in [0.1, 0.15) is 18.1 Å². The molecule has 0 aromatic heterocycles. The number of anilines is 1. The molecule has 1 aliphatic rings. The Morgan fingerprint density at radius 3 is 2.42 bits per heavy atom. The maximum Gasteiger partial charge on any atom is 0.279 e. The number of hydrazine groups is 1. The number of hydrogen-bond donors (Lipinski definition) is 2. The number of aliphatic imine (C=N–C) groups is 1. The van der Waals surface area contributed by atoms with Crippen LogP contribution in [-0.4, -0.2) is 27.4 Å². The quantitative estimate of drug-likeness (QED) is 0.897. The first-order valence-electron chi connectivity index (χ1n) is 7.59. The molecule has 5 nitrogen and oxygen atoms in total. The van der Waals surface area contributed by atoms with E-state index in [1.807, 2.05) is 67.8 Å². The van der Waals surface area contributed by atoms with E-state index >= 15 is 0 Å². The number of para-hydroxylation sites is 1. The van der Waals surface area contributed by atoms with Crippen LogP contribution >= 0.6 is 11.8 Å². The summed E-state index contributed by atoms with van der Waals surface area (Å²) in [7, 11) is 0. The van der Waals surface area contributed by atoms with Crippen LogP contribution in [0.25, 0.3) is 0 Å². The van der Waals surface area contributed by atoms with Crippen molar-refractivity contribution >= 4 is 28.5 Å². The summed E-state index contributed by atoms with van der Waals surface area (Å²) in [6, 6.07) is 16.9. The molecular weight excluding hydrogens is 322 g/mol. The molecule has 2 N–H and O–H groups in total. The molecule has 0 saturated carbocycles. The summed E-state index contributed by atoms with van der Waals surface area (Å²) in [5.41, 5.74) is 4.59. The van der Waals surface area contributed by atoms with Crippen molar-refractivity contribution in [3.05, 3.63) is 65.7 Å². The molecule has 1 amide bonds. The van der Waals surface area contributed by atoms with Gasteiger partial charge in [-0.3, -0.25) is 10.2 Å². The van der Waals surface area contributed by atoms with Gasteiger partial charge in [-0.25, -0.2) is 4.99 Å². The van der Waals surface area contributed by atoms with Gasteiger partial charge in [0.2, 0.25) is 0 Å². The van der Waals surface area contributed by atoms with Crippen molar-refractivity contribution in [3.63, 3.8) is 0 Å². The van der Waals surface area contributed by atoms with Crippen LogP contribution in [0, 0.1) is 0 Å². The monoisotopic (exact) mass is 341 g/mol. The molecule has 3 rings (SSSR count). The Labute approximate surface area is 145 Å². The van der Waals surface area contributed by atoms with E-state index < -0.39 is 5.54 Å². The van der Waals surface area contributed by atoms with E-state index in [1.165, 1.54) is 16.8 Å². The van der Waals surface area contributed by atoms with Gasteiger partial charge in [0, 0.05) is 0 Å². The van der Waals surface area contributed by atoms with Crippen molar-refractivity contribution < 1.29 is 9.90 Å². The van der Waals surface area contributed by atoms with Crippen LogP contribution in [0.3, 0.4) is 0 Å². The first-order valence-corrected chi connectivity index (χ1v) is 8.81. The van der Waals surface area contributed by atoms with Crippen molar-refractivity contribution in [1.82, 2.24) is 5.01 Å². The van der Waals surface area contributed by atoms with Gasteiger partial charge < -0.3 is 5.11 Å². The lowest BCUT2D eigenvalue weighted by Crippen LogP contribution is -2.42. The third-order valence-electron chi connectivity index (χ3n) is 4.03. The van der Waals surface area contributed by atoms with Crippen LogP contribution < -0.4 is 5.43 Å². The second kappa shape index (κ2) is 6.67. The average molecular weight is 341 g/mol. The molecule has 2 aromatic carbocycles. The molecule has 0 aliphatic carbocycles. The Bertz CT molecular complexity index is 762. The molecule has 1 unspecified atom stereocenters. The Morgan fingerprint density at radius 2 is 1.83 bits per heavy atom. The van der Waals surface area contributed by atoms with Crippen molar-refractivity contribution in [2.24, 2.45) is 4.99 Å². The molecule has 124 valence electrons. The number of nitrogens with one attached hydrogen (secondary N) is 1. The molecule has 24 heavy (non-hydrogen) atoms. The van der Waals surface area contributed by atoms with Gasteiger partial charge in [0.05, 0.1) is 12.3 Å². The van der Waals surface area contributed by atoms with Crippen molar-refractivity contribution in [3.8, 4) is 0 Å². The lowest BCUT2D eigenvalue weighted by Gasteiger charge is -2.24. The van der Waals surface area contributed by atoms with Gasteiger partial charge in [-0.05, 0) is 36.4 Å². The Kier molecular flexibility index (Phi) is 4.59. The van der Waals surface area contributed by atoms with Gasteiger partial charge in [0.25, 0.3) is 5.91 Å². The number of aliphatic hydroxyl groups is 1. The number of thioether (sulfide) groups is 1. The highest BCUT2D eigenvalue weighted by Gasteiger charge is 2.46. The second-order valence-electron chi connectivity index (χ2n) is 5.64. The van der Waals surface area contributed by atoms with E-state index in [0.29, 0.717) is 5.17 Å². The number of amides is 1. The maximum atomic E-state index is 13.0. The van der Waals surface area contributed by atoms with E-state index in [1.54, 1.807) is 0 Å². The van der Waals surface area contributed by atoms with Crippen LogP contribution in [-0.2, 0) is 16.9 Å². The highest BCUT2D eigenvalue weighted by atomic mass is 32.2. The molecule has 0 fully saturated rings. The van der Waals surface area contributed by atoms with E-state index in [-0.39, 0.29) is 12.5 Å². The standard InChI is InChI=1S/C18H19N3O2S/c1-18(14-10-8-13(12-22)9-11-14)16(23)21(17(19-18)24-2)20-15-6-4-3-5-7-15/h3-11,20,22H,12H2,1-2H3. The van der Waals surface area contributed by atoms with E-state index in [4.69, 9.17) is 0 Å². The van der Waals surface area contributed by atoms with Gasteiger partial charge in [-0.15, -0.1) is 0 Å². The predicted octanol–water partition coefficient (Wildman–Crippen LogP) is 2.98. The number of carbonyl (C=O) groups excluding carboxylic acids is 1. The summed E-state index contributed by atoms with van der Waals surface area (Å²) in [5.74, 6) is -0.132. The summed E-state index contributed by atoms with van der Waals surface area (Å²) in [6.45, 7) is 1.79. The zero-order valence-corrected chi connectivity index (χ0v) is 14.4. The van der Waals surface area contributed by atoms with Crippen LogP contribution in [0.5, 0.6) is 0 Å². The summed E-state index contributed by atoms with van der Waals surface area (Å²) in [5, 5.41) is 11.3. The Morgan fingerprint density at radius 1 is 1.17 bits per heavy atom. The zero-order valence-electron chi connectivity index (χ0n) is 13.6. The number of hydrogen-bond acceptors (Lipinski definition) is 5. The minimum Gasteiger partial charge on any atom is -0.392 e. The second-order valence-corrected chi connectivity index (χ2v) is 6.42. The minimum atomic E-state index is -0.978. The topological polar surface area (TPSA) is 64.9 Å². The van der Waals surface area contributed by atoms with Crippen molar-refractivity contribution in [2.45, 2.75) is 19.1 Å². The van der Waals surface area contributed by atoms with Crippen molar-refractivity contribution in [1.29, 1.82) is 0 Å². The summed E-state index contributed by atoms with van der Waals surface area (Å²) < 4.78 is 0. The van der Waals surface area contributed by atoms with Gasteiger partial charge in [-0.1, -0.05) is 54.2 Å². The fraction of sp³-hybridized carbons (Fsp3) is 0.222. The number of benzene rings is 2. The lowest BCUT2D eigenvalue weighted by atomic mass is 9.92. The van der Waals surface area contributed by atoms with Crippen LogP contribution in [0.2, 0.25) is 0 Å². The Hall–Kier alpha value is -2.31. The predicted molar refractivity (Wildman–Crippen MR) is 97.6 cm³/mol. The summed E-state index contributed by atoms with van der Waals surface area (Å²) >= 11 is 1.42. The average Bonchev–Trinajstić information content (AvgIpc) is 2.88. The molecule has 6 heteroatoms. The van der Waals surface area contributed by atoms with Crippen LogP contribution in [0.15, 0.2) is 59.6 Å². The smallest absolute Gasteiger partial charge is 0.279 e. The fourth-order valence-corrected chi connectivity index (χ4v) is 3.18. The molecule has 0 saturated heterocycles. The number of rotatable bonds is 4. The normalized spacial score (nSPS) is 20.2. The zero-order chi connectivity index (χ0) is 17.2. The molecule has 1 atom stereocenters. The summed E-state index contributed by atoms with van der Waals surface area (Å²) in [4.78, 5) is 17.7. The molecule has 2 aromatic rings. The largest absolute Gasteiger partial charge is 0.392 e. The van der Waals surface area contributed by atoms with Crippen molar-refractivity contribution in [2.75, 3.05) is 11.7 Å². The minimum absolute atomic E-state index is 0.0219. The third kappa shape index (κ3) is 2.90. The van der Waals surface area contributed by atoms with E-state index in [0.717, 1.165) is 16.8 Å². The molecule has 0 bridgehead atoms. The van der Waals surface area contributed by atoms with Crippen LogP contribution in [0.4, 0.5) is 5.69 Å². The fourth-order valence-electron chi connectivity index (χ4n) is 2.59. The SMILES string of the molecule is CSC1=NC(C)(c2ccc(CO)cc2)C(=O)N1Nc1ccccc1. The first-order chi connectivity index (χ1) is 11.6. The van der Waals surface area contributed by atoms with E-state index in [9.17, 15) is 9.90 Å². The third-order valence-corrected chi connectivity index (χ3v) is 4.66. The van der Waals surface area contributed by atoms with Gasteiger partial charge in [0.15, 0.2) is 10.7 Å². The molecule has 1 heterocycles. The van der Waals surface area contributed by atoms with Gasteiger partial charge in [0.1, 0.15) is 0 Å². The number of aliphatic hydroxyl groups excluding tert-OH is 1. The van der Waals surface area contributed by atoms with Gasteiger partial charge in [-0.2, -0.15) is 5.01 Å².